The van der Waals surface area contributed by atoms with Gasteiger partial charge in [-0.3, -0.25) is 0 Å². The summed E-state index contributed by atoms with van der Waals surface area (Å²) >= 11 is 2.98. The minimum absolute atomic E-state index is 0.670. The molecule has 0 fully saturated rings. The van der Waals surface area contributed by atoms with Crippen molar-refractivity contribution < 1.29 is 4.42 Å². The number of anilines is 1. The molecule has 0 unspecified atom stereocenters. The summed E-state index contributed by atoms with van der Waals surface area (Å²) in [5.41, 5.74) is 11.4. The molecule has 0 bridgehead atoms. The van der Waals surface area contributed by atoms with Crippen LogP contribution in [-0.4, -0.2) is 24.8 Å². The molecule has 0 aliphatic rings. The number of furan rings is 1. The summed E-state index contributed by atoms with van der Waals surface area (Å²) < 4.78 is 7.95. The number of nitrogen functional groups attached to an aromatic ring is 1. The Morgan fingerprint density at radius 2 is 1.81 bits per heavy atom. The zero-order valence-corrected chi connectivity index (χ0v) is 19.2. The van der Waals surface area contributed by atoms with Gasteiger partial charge in [-0.1, -0.05) is 35.1 Å². The summed E-state index contributed by atoms with van der Waals surface area (Å²) in [6.45, 7) is 6.10. The summed E-state index contributed by atoms with van der Waals surface area (Å²) in [6.07, 6.45) is 0. The van der Waals surface area contributed by atoms with Gasteiger partial charge in [0.1, 0.15) is 10.6 Å². The van der Waals surface area contributed by atoms with Crippen molar-refractivity contribution in [3.8, 4) is 32.8 Å². The van der Waals surface area contributed by atoms with Crippen molar-refractivity contribution in [2.24, 2.45) is 0 Å². The summed E-state index contributed by atoms with van der Waals surface area (Å²) in [4.78, 5) is 7.17. The molecule has 2 N–H and O–H groups in total. The van der Waals surface area contributed by atoms with Gasteiger partial charge in [-0.15, -0.1) is 26.6 Å². The summed E-state index contributed by atoms with van der Waals surface area (Å²) in [7, 11) is 0. The fourth-order valence-corrected chi connectivity index (χ4v) is 5.89. The molecule has 6 aromatic rings. The first kappa shape index (κ1) is 19.1. The highest BCUT2D eigenvalue weighted by Crippen LogP contribution is 2.43. The molecule has 9 heteroatoms. The molecule has 0 aliphatic heterocycles. The van der Waals surface area contributed by atoms with Crippen LogP contribution in [0.4, 0.5) is 5.69 Å². The number of aryl methyl sites for hydroxylation is 3. The van der Waals surface area contributed by atoms with E-state index in [9.17, 15) is 0 Å². The number of hydrogen-bond donors (Lipinski definition) is 1. The van der Waals surface area contributed by atoms with Gasteiger partial charge < -0.3 is 10.2 Å². The van der Waals surface area contributed by atoms with E-state index >= 15 is 0 Å². The maximum atomic E-state index is 6.49. The lowest BCUT2D eigenvalue weighted by atomic mass is 10.1. The minimum Gasteiger partial charge on any atom is -0.453 e. The van der Waals surface area contributed by atoms with Gasteiger partial charge in [0.05, 0.1) is 10.6 Å². The number of aromatic nitrogens is 5. The van der Waals surface area contributed by atoms with Crippen molar-refractivity contribution in [3.05, 3.63) is 59.3 Å². The fourth-order valence-electron chi connectivity index (χ4n) is 3.91. The molecule has 5 aromatic heterocycles. The van der Waals surface area contributed by atoms with E-state index in [1.807, 2.05) is 37.3 Å². The molecular formula is C23H18N6OS2. The number of thiophene rings is 1. The van der Waals surface area contributed by atoms with Gasteiger partial charge in [0.15, 0.2) is 16.6 Å². The first-order valence-electron chi connectivity index (χ1n) is 10.0. The van der Waals surface area contributed by atoms with Crippen LogP contribution in [0.25, 0.3) is 48.0 Å². The van der Waals surface area contributed by atoms with Gasteiger partial charge >= 0.3 is 0 Å². The van der Waals surface area contributed by atoms with E-state index in [1.54, 1.807) is 15.9 Å². The number of rotatable bonds is 3. The molecule has 0 saturated heterocycles. The number of benzene rings is 1. The van der Waals surface area contributed by atoms with Crippen molar-refractivity contribution in [1.82, 2.24) is 24.8 Å². The lowest BCUT2D eigenvalue weighted by Crippen LogP contribution is -1.91. The van der Waals surface area contributed by atoms with Crippen molar-refractivity contribution in [1.29, 1.82) is 0 Å². The van der Waals surface area contributed by atoms with Crippen LogP contribution < -0.4 is 5.73 Å². The molecule has 0 saturated carbocycles. The molecule has 158 valence electrons. The van der Waals surface area contributed by atoms with Crippen LogP contribution in [0.1, 0.15) is 16.8 Å². The Bertz CT molecular complexity index is 1640. The normalized spacial score (nSPS) is 11.7. The Kier molecular flexibility index (Phi) is 4.17. The van der Waals surface area contributed by atoms with E-state index in [1.165, 1.54) is 11.3 Å². The SMILES string of the molecule is Cc1cccc(-c2nnc3sc(-c4ccc(-c5sc6nc(C)cc(C)c6c5N)o4)nn23)c1. The average Bonchev–Trinajstić information content (AvgIpc) is 3.49. The second-order valence-electron chi connectivity index (χ2n) is 7.76. The van der Waals surface area contributed by atoms with Gasteiger partial charge in [0.25, 0.3) is 0 Å². The van der Waals surface area contributed by atoms with E-state index in [2.05, 4.69) is 41.2 Å². The van der Waals surface area contributed by atoms with Gasteiger partial charge in [-0.2, -0.15) is 4.52 Å². The average molecular weight is 459 g/mol. The number of nitrogens with zero attached hydrogens (tertiary/aromatic N) is 5. The Hall–Kier alpha value is -3.56. The van der Waals surface area contributed by atoms with Gasteiger partial charge in [0.2, 0.25) is 4.96 Å². The van der Waals surface area contributed by atoms with Crippen molar-refractivity contribution in [2.75, 3.05) is 5.73 Å². The zero-order valence-electron chi connectivity index (χ0n) is 17.6. The maximum Gasteiger partial charge on any atom is 0.235 e. The van der Waals surface area contributed by atoms with Crippen molar-refractivity contribution in [2.45, 2.75) is 20.8 Å². The van der Waals surface area contributed by atoms with Gasteiger partial charge in [0, 0.05) is 16.6 Å². The molecule has 0 spiro atoms. The smallest absolute Gasteiger partial charge is 0.235 e. The van der Waals surface area contributed by atoms with Crippen molar-refractivity contribution >= 4 is 43.5 Å². The third kappa shape index (κ3) is 2.93. The Balaban J connectivity index is 1.42. The maximum absolute atomic E-state index is 6.49. The fraction of sp³-hybridized carbons (Fsp3) is 0.130. The topological polar surface area (TPSA) is 95.1 Å². The van der Waals surface area contributed by atoms with Crippen LogP contribution >= 0.6 is 22.7 Å². The first-order chi connectivity index (χ1) is 15.5. The highest BCUT2D eigenvalue weighted by molar-refractivity contribution is 7.22. The highest BCUT2D eigenvalue weighted by Gasteiger charge is 2.20. The predicted molar refractivity (Wildman–Crippen MR) is 129 cm³/mol. The quantitative estimate of drug-likeness (QED) is 0.355. The zero-order chi connectivity index (χ0) is 22.0. The molecule has 6 rings (SSSR count). The number of fused-ring (bicyclic) bond motifs is 2. The molecule has 7 nitrogen and oxygen atoms in total. The molecule has 0 amide bonds. The van der Waals surface area contributed by atoms with Crippen LogP contribution in [0.3, 0.4) is 0 Å². The summed E-state index contributed by atoms with van der Waals surface area (Å²) in [5, 5.41) is 15.1. The lowest BCUT2D eigenvalue weighted by Gasteiger charge is -1.99. The van der Waals surface area contributed by atoms with E-state index < -0.39 is 0 Å². The summed E-state index contributed by atoms with van der Waals surface area (Å²) in [5.74, 6) is 2.09. The van der Waals surface area contributed by atoms with Crippen LogP contribution in [0.5, 0.6) is 0 Å². The number of hydrogen-bond acceptors (Lipinski definition) is 8. The lowest BCUT2D eigenvalue weighted by molar-refractivity contribution is 0.597. The number of nitrogens with two attached hydrogens (primary N) is 1. The third-order valence-electron chi connectivity index (χ3n) is 5.33. The standard InChI is InChI=1S/C23H18N6OS2/c1-11-5-4-6-14(9-11)20-26-27-23-29(20)28-21(32-23)16-8-7-15(30-16)19-18(24)17-12(2)10-13(3)25-22(17)31-19/h4-10H,24H2,1-3H3. The Labute approximate surface area is 191 Å². The molecule has 0 radical (unpaired) electrons. The second-order valence-corrected chi connectivity index (χ2v) is 9.72. The van der Waals surface area contributed by atoms with E-state index in [-0.39, 0.29) is 0 Å². The molecule has 0 atom stereocenters. The highest BCUT2D eigenvalue weighted by atomic mass is 32.1. The summed E-state index contributed by atoms with van der Waals surface area (Å²) in [6, 6.07) is 14.0. The van der Waals surface area contributed by atoms with E-state index in [0.29, 0.717) is 28.0 Å². The Morgan fingerprint density at radius 3 is 2.66 bits per heavy atom. The largest absolute Gasteiger partial charge is 0.453 e. The number of pyridine rings is 1. The van der Waals surface area contributed by atoms with Crippen molar-refractivity contribution in [3.63, 3.8) is 0 Å². The van der Waals surface area contributed by atoms with Crippen LogP contribution in [0, 0.1) is 20.8 Å². The van der Waals surface area contributed by atoms with Crippen LogP contribution in [0.15, 0.2) is 46.9 Å². The second kappa shape index (κ2) is 6.98. The van der Waals surface area contributed by atoms with Gasteiger partial charge in [-0.25, -0.2) is 4.98 Å². The van der Waals surface area contributed by atoms with E-state index in [0.717, 1.165) is 42.5 Å². The minimum atomic E-state index is 0.670. The molecule has 0 aliphatic carbocycles. The van der Waals surface area contributed by atoms with Gasteiger partial charge in [-0.05, 0) is 50.6 Å². The third-order valence-corrected chi connectivity index (χ3v) is 7.36. The van der Waals surface area contributed by atoms with Crippen LogP contribution in [-0.2, 0) is 0 Å². The van der Waals surface area contributed by atoms with Crippen LogP contribution in [0.2, 0.25) is 0 Å². The molecule has 5 heterocycles. The Morgan fingerprint density at radius 1 is 0.969 bits per heavy atom. The molecule has 32 heavy (non-hydrogen) atoms. The first-order valence-corrected chi connectivity index (χ1v) is 11.7. The molecular weight excluding hydrogens is 440 g/mol. The predicted octanol–water partition coefficient (Wildman–Crippen LogP) is 5.90. The molecule has 1 aromatic carbocycles. The van der Waals surface area contributed by atoms with E-state index in [4.69, 9.17) is 15.2 Å². The monoisotopic (exact) mass is 458 g/mol.